The third-order valence-electron chi connectivity index (χ3n) is 3.98. The molecule has 0 saturated carbocycles. The summed E-state index contributed by atoms with van der Waals surface area (Å²) in [7, 11) is 0. The van der Waals surface area contributed by atoms with Gasteiger partial charge in [0.05, 0.1) is 28.9 Å². The first-order valence-electron chi connectivity index (χ1n) is 7.91. The fourth-order valence-electron chi connectivity index (χ4n) is 2.97. The van der Waals surface area contributed by atoms with Crippen LogP contribution in [0.2, 0.25) is 0 Å². The number of ether oxygens (including phenoxy) is 1. The Bertz CT molecular complexity index is 690. The number of carbonyl (C=O) groups excluding carboxylic acids is 1. The minimum atomic E-state index is -0.130. The van der Waals surface area contributed by atoms with Crippen LogP contribution >= 0.6 is 0 Å². The molecule has 1 N–H and O–H groups in total. The molecule has 3 heterocycles. The molecule has 7 nitrogen and oxygen atoms in total. The minimum Gasteiger partial charge on any atom is -0.373 e. The Balaban J connectivity index is 1.55. The molecule has 1 amide bonds. The average Bonchev–Trinajstić information content (AvgIpc) is 2.87. The normalized spacial score (nSPS) is 22.4. The van der Waals surface area contributed by atoms with E-state index in [2.05, 4.69) is 34.2 Å². The number of morpholine rings is 1. The van der Waals surface area contributed by atoms with Crippen LogP contribution in [0.4, 0.5) is 0 Å². The van der Waals surface area contributed by atoms with Crippen molar-refractivity contribution in [3.8, 4) is 0 Å². The van der Waals surface area contributed by atoms with E-state index in [1.54, 1.807) is 6.07 Å². The van der Waals surface area contributed by atoms with E-state index in [0.717, 1.165) is 30.7 Å². The van der Waals surface area contributed by atoms with Crippen molar-refractivity contribution in [1.29, 1.82) is 0 Å². The van der Waals surface area contributed by atoms with Crippen molar-refractivity contribution < 1.29 is 14.1 Å². The van der Waals surface area contributed by atoms with Gasteiger partial charge in [-0.3, -0.25) is 9.69 Å². The van der Waals surface area contributed by atoms with Crippen LogP contribution in [-0.4, -0.2) is 59.3 Å². The zero-order valence-corrected chi connectivity index (χ0v) is 13.7. The van der Waals surface area contributed by atoms with Gasteiger partial charge in [-0.05, 0) is 26.8 Å². The summed E-state index contributed by atoms with van der Waals surface area (Å²) in [5, 5.41) is 7.56. The minimum absolute atomic E-state index is 0.130. The van der Waals surface area contributed by atoms with Crippen molar-refractivity contribution >= 4 is 17.0 Å². The molecule has 0 spiro atoms. The van der Waals surface area contributed by atoms with Crippen LogP contribution in [-0.2, 0) is 4.74 Å². The molecule has 23 heavy (non-hydrogen) atoms. The summed E-state index contributed by atoms with van der Waals surface area (Å²) in [5.74, 6) is -0.130. The number of rotatable bonds is 4. The fraction of sp³-hybridized carbons (Fsp3) is 0.562. The first-order chi connectivity index (χ1) is 11.0. The largest absolute Gasteiger partial charge is 0.373 e. The van der Waals surface area contributed by atoms with E-state index in [1.807, 2.05) is 6.92 Å². The second-order valence-electron chi connectivity index (χ2n) is 6.12. The molecular weight excluding hydrogens is 296 g/mol. The highest BCUT2D eigenvalue weighted by molar-refractivity contribution is 5.96. The third-order valence-corrected chi connectivity index (χ3v) is 3.98. The summed E-state index contributed by atoms with van der Waals surface area (Å²) in [6.07, 6.45) is 1.98. The van der Waals surface area contributed by atoms with Crippen molar-refractivity contribution in [3.63, 3.8) is 0 Å². The summed E-state index contributed by atoms with van der Waals surface area (Å²) >= 11 is 0. The summed E-state index contributed by atoms with van der Waals surface area (Å²) < 4.78 is 10.8. The molecule has 3 rings (SSSR count). The fourth-order valence-corrected chi connectivity index (χ4v) is 2.97. The Morgan fingerprint density at radius 3 is 2.87 bits per heavy atom. The lowest BCUT2D eigenvalue weighted by atomic mass is 10.2. The topological polar surface area (TPSA) is 80.5 Å². The third kappa shape index (κ3) is 3.68. The van der Waals surface area contributed by atoms with E-state index in [4.69, 9.17) is 9.26 Å². The Morgan fingerprint density at radius 1 is 1.39 bits per heavy atom. The predicted molar refractivity (Wildman–Crippen MR) is 85.3 cm³/mol. The van der Waals surface area contributed by atoms with Crippen LogP contribution in [0.1, 0.15) is 29.9 Å². The quantitative estimate of drug-likeness (QED) is 0.917. The standard InChI is InChI=1S/C16H22N4O3/c1-10-8-20(9-11(2)22-10)5-4-17-15(21)13-6-14-12(3)19-23-16(14)18-7-13/h6-7,10-11H,4-5,8-9H2,1-3H3,(H,17,21). The summed E-state index contributed by atoms with van der Waals surface area (Å²) in [4.78, 5) is 18.7. The van der Waals surface area contributed by atoms with Crippen LogP contribution in [0, 0.1) is 6.92 Å². The van der Waals surface area contributed by atoms with Crippen LogP contribution in [0.5, 0.6) is 0 Å². The number of aryl methyl sites for hydroxylation is 1. The molecule has 124 valence electrons. The van der Waals surface area contributed by atoms with E-state index in [0.29, 0.717) is 17.8 Å². The molecule has 2 unspecified atom stereocenters. The Kier molecular flexibility index (Phi) is 4.58. The van der Waals surface area contributed by atoms with Gasteiger partial charge in [-0.2, -0.15) is 0 Å². The van der Waals surface area contributed by atoms with E-state index in [1.165, 1.54) is 6.20 Å². The zero-order valence-electron chi connectivity index (χ0n) is 13.7. The number of nitrogens with one attached hydrogen (secondary N) is 1. The molecule has 1 saturated heterocycles. The summed E-state index contributed by atoms with van der Waals surface area (Å²) in [6.45, 7) is 9.18. The van der Waals surface area contributed by atoms with Gasteiger partial charge < -0.3 is 14.6 Å². The lowest BCUT2D eigenvalue weighted by Crippen LogP contribution is -2.47. The van der Waals surface area contributed by atoms with Crippen molar-refractivity contribution in [2.24, 2.45) is 0 Å². The Hall–Kier alpha value is -1.99. The van der Waals surface area contributed by atoms with Gasteiger partial charge in [-0.1, -0.05) is 5.16 Å². The number of pyridine rings is 1. The number of hydrogen-bond donors (Lipinski definition) is 1. The maximum Gasteiger partial charge on any atom is 0.257 e. The van der Waals surface area contributed by atoms with Gasteiger partial charge in [0.25, 0.3) is 11.6 Å². The summed E-state index contributed by atoms with van der Waals surface area (Å²) in [5.41, 5.74) is 1.71. The first-order valence-corrected chi connectivity index (χ1v) is 7.91. The van der Waals surface area contributed by atoms with Crippen LogP contribution in [0.15, 0.2) is 16.8 Å². The van der Waals surface area contributed by atoms with E-state index in [-0.39, 0.29) is 18.1 Å². The first kappa shape index (κ1) is 15.9. The SMILES string of the molecule is Cc1noc2ncc(C(=O)NCCN3CC(C)OC(C)C3)cc12. The maximum absolute atomic E-state index is 12.2. The van der Waals surface area contributed by atoms with Gasteiger partial charge in [0.1, 0.15) is 0 Å². The van der Waals surface area contributed by atoms with Gasteiger partial charge >= 0.3 is 0 Å². The van der Waals surface area contributed by atoms with Crippen LogP contribution in [0.3, 0.4) is 0 Å². The number of carbonyl (C=O) groups is 1. The highest BCUT2D eigenvalue weighted by Gasteiger charge is 2.21. The molecule has 2 aromatic rings. The average molecular weight is 318 g/mol. The Labute approximate surface area is 135 Å². The van der Waals surface area contributed by atoms with Gasteiger partial charge in [-0.15, -0.1) is 0 Å². The molecule has 7 heteroatoms. The zero-order chi connectivity index (χ0) is 16.4. The van der Waals surface area contributed by atoms with Gasteiger partial charge in [0.15, 0.2) is 0 Å². The van der Waals surface area contributed by atoms with Gasteiger partial charge in [-0.25, -0.2) is 4.98 Å². The lowest BCUT2D eigenvalue weighted by molar-refractivity contribution is -0.0672. The lowest BCUT2D eigenvalue weighted by Gasteiger charge is -2.35. The molecule has 1 aliphatic rings. The number of aromatic nitrogens is 2. The number of nitrogens with zero attached hydrogens (tertiary/aromatic N) is 3. The molecule has 1 fully saturated rings. The molecule has 0 aromatic carbocycles. The maximum atomic E-state index is 12.2. The second kappa shape index (κ2) is 6.64. The van der Waals surface area contributed by atoms with Crippen molar-refractivity contribution in [2.75, 3.05) is 26.2 Å². The number of fused-ring (bicyclic) bond motifs is 1. The van der Waals surface area contributed by atoms with Gasteiger partial charge in [0.2, 0.25) is 0 Å². The highest BCUT2D eigenvalue weighted by Crippen LogP contribution is 2.16. The smallest absolute Gasteiger partial charge is 0.257 e. The second-order valence-corrected chi connectivity index (χ2v) is 6.12. The van der Waals surface area contributed by atoms with Crippen LogP contribution in [0.25, 0.3) is 11.1 Å². The van der Waals surface area contributed by atoms with Crippen molar-refractivity contribution in [1.82, 2.24) is 20.4 Å². The molecule has 0 radical (unpaired) electrons. The molecular formula is C16H22N4O3. The molecule has 1 aliphatic heterocycles. The summed E-state index contributed by atoms with van der Waals surface area (Å²) in [6, 6.07) is 1.77. The monoisotopic (exact) mass is 318 g/mol. The van der Waals surface area contributed by atoms with Gasteiger partial charge in [0, 0.05) is 32.4 Å². The highest BCUT2D eigenvalue weighted by atomic mass is 16.5. The Morgan fingerprint density at radius 2 is 2.13 bits per heavy atom. The van der Waals surface area contributed by atoms with E-state index < -0.39 is 0 Å². The predicted octanol–water partition coefficient (Wildman–Crippen LogP) is 1.37. The molecule has 2 atom stereocenters. The molecule has 0 aliphatic carbocycles. The number of hydrogen-bond acceptors (Lipinski definition) is 6. The van der Waals surface area contributed by atoms with E-state index in [9.17, 15) is 4.79 Å². The molecule has 2 aromatic heterocycles. The van der Waals surface area contributed by atoms with E-state index >= 15 is 0 Å². The van der Waals surface area contributed by atoms with Crippen molar-refractivity contribution in [2.45, 2.75) is 33.0 Å². The van der Waals surface area contributed by atoms with Crippen LogP contribution < -0.4 is 5.32 Å². The number of amides is 1. The van der Waals surface area contributed by atoms with Crippen molar-refractivity contribution in [3.05, 3.63) is 23.5 Å². The molecule has 0 bridgehead atoms.